The van der Waals surface area contributed by atoms with Crippen molar-refractivity contribution in [3.63, 3.8) is 0 Å². The molecule has 1 heterocycles. The van der Waals surface area contributed by atoms with Crippen LogP contribution in [0, 0.1) is 6.92 Å². The molecule has 0 aliphatic heterocycles. The van der Waals surface area contributed by atoms with E-state index in [-0.39, 0.29) is 18.4 Å². The van der Waals surface area contributed by atoms with Crippen molar-refractivity contribution in [1.29, 1.82) is 0 Å². The molecule has 3 nitrogen and oxygen atoms in total. The highest BCUT2D eigenvalue weighted by atomic mass is 35.5. The van der Waals surface area contributed by atoms with Crippen LogP contribution in [0.4, 0.5) is 0 Å². The third-order valence-electron chi connectivity index (χ3n) is 4.16. The summed E-state index contributed by atoms with van der Waals surface area (Å²) in [4.78, 5) is 0. The van der Waals surface area contributed by atoms with Crippen molar-refractivity contribution in [2.24, 2.45) is 0 Å². The van der Waals surface area contributed by atoms with Gasteiger partial charge in [-0.05, 0) is 31.2 Å². The summed E-state index contributed by atoms with van der Waals surface area (Å²) in [6.45, 7) is 2.66. The molecule has 2 aromatic carbocycles. The Morgan fingerprint density at radius 3 is 2.39 bits per heavy atom. The second-order valence-electron chi connectivity index (χ2n) is 5.72. The number of aryl methyl sites for hydroxylation is 1. The number of halogens is 1. The standard InChI is InChI=1S/C19H22N2O.ClH/c1-14-13-21(17-11-7-6-10-16(14)17)19(18(22)12-20-2)15-8-4-3-5-9-15;/h3-11,13,18-20,22H,12H2,1-2H3;1H. The fraction of sp³-hybridized carbons (Fsp3) is 0.263. The first-order valence-corrected chi connectivity index (χ1v) is 7.66. The molecule has 0 saturated heterocycles. The number of para-hydroxylation sites is 1. The Hall–Kier alpha value is -1.81. The molecule has 0 fully saturated rings. The molecule has 0 amide bonds. The fourth-order valence-electron chi connectivity index (χ4n) is 3.15. The average molecular weight is 331 g/mol. The molecule has 3 aromatic rings. The van der Waals surface area contributed by atoms with Crippen LogP contribution in [0.3, 0.4) is 0 Å². The quantitative estimate of drug-likeness (QED) is 0.750. The van der Waals surface area contributed by atoms with E-state index in [0.29, 0.717) is 6.54 Å². The minimum absolute atomic E-state index is 0. The zero-order valence-electron chi connectivity index (χ0n) is 13.4. The van der Waals surface area contributed by atoms with E-state index < -0.39 is 6.10 Å². The van der Waals surface area contributed by atoms with Gasteiger partial charge in [-0.2, -0.15) is 0 Å². The lowest BCUT2D eigenvalue weighted by atomic mass is 10.0. The number of nitrogens with one attached hydrogen (secondary N) is 1. The van der Waals surface area contributed by atoms with Gasteiger partial charge in [0.25, 0.3) is 0 Å². The summed E-state index contributed by atoms with van der Waals surface area (Å²) in [6.07, 6.45) is 1.64. The second kappa shape index (κ2) is 7.64. The molecule has 4 heteroatoms. The number of aliphatic hydroxyl groups is 1. The van der Waals surface area contributed by atoms with E-state index in [1.165, 1.54) is 10.9 Å². The third-order valence-corrected chi connectivity index (χ3v) is 4.16. The van der Waals surface area contributed by atoms with Crippen LogP contribution in [0.25, 0.3) is 10.9 Å². The SMILES string of the molecule is CNCC(O)C(c1ccccc1)n1cc(C)c2ccccc21.Cl. The van der Waals surface area contributed by atoms with Gasteiger partial charge in [0.2, 0.25) is 0 Å². The van der Waals surface area contributed by atoms with Crippen molar-refractivity contribution < 1.29 is 5.11 Å². The average Bonchev–Trinajstić information content (AvgIpc) is 2.86. The normalized spacial score (nSPS) is 13.5. The lowest BCUT2D eigenvalue weighted by Crippen LogP contribution is -2.33. The van der Waals surface area contributed by atoms with Gasteiger partial charge >= 0.3 is 0 Å². The van der Waals surface area contributed by atoms with Crippen molar-refractivity contribution in [3.05, 3.63) is 71.9 Å². The van der Waals surface area contributed by atoms with Crippen molar-refractivity contribution in [3.8, 4) is 0 Å². The fourth-order valence-corrected chi connectivity index (χ4v) is 3.15. The zero-order valence-corrected chi connectivity index (χ0v) is 14.3. The van der Waals surface area contributed by atoms with E-state index in [4.69, 9.17) is 0 Å². The molecule has 0 spiro atoms. The van der Waals surface area contributed by atoms with Crippen LogP contribution in [-0.2, 0) is 0 Å². The molecular weight excluding hydrogens is 308 g/mol. The summed E-state index contributed by atoms with van der Waals surface area (Å²) in [7, 11) is 1.87. The van der Waals surface area contributed by atoms with Crippen LogP contribution < -0.4 is 5.32 Å². The van der Waals surface area contributed by atoms with Crippen molar-refractivity contribution in [1.82, 2.24) is 9.88 Å². The van der Waals surface area contributed by atoms with Crippen molar-refractivity contribution >= 4 is 23.3 Å². The summed E-state index contributed by atoms with van der Waals surface area (Å²) < 4.78 is 2.20. The molecule has 0 aliphatic rings. The molecule has 2 atom stereocenters. The number of nitrogens with zero attached hydrogens (tertiary/aromatic N) is 1. The number of aliphatic hydroxyl groups excluding tert-OH is 1. The molecule has 0 aliphatic carbocycles. The van der Waals surface area contributed by atoms with Gasteiger partial charge in [-0.15, -0.1) is 12.4 Å². The minimum Gasteiger partial charge on any atom is -0.389 e. The molecule has 3 rings (SSSR count). The first-order valence-electron chi connectivity index (χ1n) is 7.66. The van der Waals surface area contributed by atoms with Crippen molar-refractivity contribution in [2.45, 2.75) is 19.1 Å². The van der Waals surface area contributed by atoms with Crippen LogP contribution in [0.2, 0.25) is 0 Å². The lowest BCUT2D eigenvalue weighted by molar-refractivity contribution is 0.132. The summed E-state index contributed by atoms with van der Waals surface area (Å²) in [5, 5.41) is 15.0. The highest BCUT2D eigenvalue weighted by Gasteiger charge is 2.24. The molecule has 2 N–H and O–H groups in total. The predicted molar refractivity (Wildman–Crippen MR) is 98.4 cm³/mol. The van der Waals surface area contributed by atoms with Crippen LogP contribution in [0.5, 0.6) is 0 Å². The van der Waals surface area contributed by atoms with Gasteiger partial charge in [0.1, 0.15) is 0 Å². The Balaban J connectivity index is 0.00000192. The molecule has 0 bridgehead atoms. The first kappa shape index (κ1) is 17.5. The van der Waals surface area contributed by atoms with E-state index in [1.807, 2.05) is 31.3 Å². The number of fused-ring (bicyclic) bond motifs is 1. The van der Waals surface area contributed by atoms with Gasteiger partial charge in [-0.1, -0.05) is 48.5 Å². The van der Waals surface area contributed by atoms with Gasteiger partial charge in [-0.25, -0.2) is 0 Å². The Kier molecular flexibility index (Phi) is 5.83. The molecule has 2 unspecified atom stereocenters. The van der Waals surface area contributed by atoms with E-state index in [1.54, 1.807) is 0 Å². The number of rotatable bonds is 5. The van der Waals surface area contributed by atoms with Gasteiger partial charge in [0, 0.05) is 23.6 Å². The number of likely N-dealkylation sites (N-methyl/N-ethyl adjacent to an activating group) is 1. The number of benzene rings is 2. The highest BCUT2D eigenvalue weighted by molar-refractivity contribution is 5.85. The summed E-state index contributed by atoms with van der Waals surface area (Å²) in [5.74, 6) is 0. The molecule has 122 valence electrons. The third kappa shape index (κ3) is 3.42. The Morgan fingerprint density at radius 1 is 1.04 bits per heavy atom. The monoisotopic (exact) mass is 330 g/mol. The Bertz CT molecular complexity index is 754. The predicted octanol–water partition coefficient (Wildman–Crippen LogP) is 3.54. The highest BCUT2D eigenvalue weighted by Crippen LogP contribution is 2.29. The van der Waals surface area contributed by atoms with Gasteiger partial charge in [0.15, 0.2) is 0 Å². The van der Waals surface area contributed by atoms with Crippen LogP contribution >= 0.6 is 12.4 Å². The van der Waals surface area contributed by atoms with E-state index in [2.05, 4.69) is 53.3 Å². The van der Waals surface area contributed by atoms with E-state index in [9.17, 15) is 5.11 Å². The summed E-state index contributed by atoms with van der Waals surface area (Å²) in [6, 6.07) is 18.4. The maximum atomic E-state index is 10.7. The van der Waals surface area contributed by atoms with Crippen LogP contribution in [0.1, 0.15) is 17.2 Å². The van der Waals surface area contributed by atoms with E-state index >= 15 is 0 Å². The molecule has 0 saturated carbocycles. The molecule has 1 aromatic heterocycles. The molecular formula is C19H23ClN2O. The van der Waals surface area contributed by atoms with Crippen LogP contribution in [0.15, 0.2) is 60.8 Å². The maximum absolute atomic E-state index is 10.7. The number of hydrogen-bond acceptors (Lipinski definition) is 2. The largest absolute Gasteiger partial charge is 0.389 e. The van der Waals surface area contributed by atoms with Gasteiger partial charge in [-0.3, -0.25) is 0 Å². The van der Waals surface area contributed by atoms with Crippen molar-refractivity contribution in [2.75, 3.05) is 13.6 Å². The van der Waals surface area contributed by atoms with E-state index in [0.717, 1.165) is 11.1 Å². The zero-order chi connectivity index (χ0) is 15.5. The first-order chi connectivity index (χ1) is 10.7. The molecule has 23 heavy (non-hydrogen) atoms. The second-order valence-corrected chi connectivity index (χ2v) is 5.72. The summed E-state index contributed by atoms with van der Waals surface area (Å²) in [5.41, 5.74) is 3.50. The van der Waals surface area contributed by atoms with Gasteiger partial charge in [0.05, 0.1) is 12.1 Å². The minimum atomic E-state index is -0.498. The van der Waals surface area contributed by atoms with Crippen LogP contribution in [-0.4, -0.2) is 29.4 Å². The van der Waals surface area contributed by atoms with Gasteiger partial charge < -0.3 is 15.0 Å². The topological polar surface area (TPSA) is 37.2 Å². The number of aromatic nitrogens is 1. The molecule has 0 radical (unpaired) electrons. The number of hydrogen-bond donors (Lipinski definition) is 2. The Labute approximate surface area is 143 Å². The maximum Gasteiger partial charge on any atom is 0.0912 e. The lowest BCUT2D eigenvalue weighted by Gasteiger charge is -2.26. The summed E-state index contributed by atoms with van der Waals surface area (Å²) >= 11 is 0. The smallest absolute Gasteiger partial charge is 0.0912 e. The Morgan fingerprint density at radius 2 is 1.70 bits per heavy atom.